The summed E-state index contributed by atoms with van der Waals surface area (Å²) >= 11 is 13.6. The van der Waals surface area contributed by atoms with E-state index in [1.165, 1.54) is 6.26 Å². The summed E-state index contributed by atoms with van der Waals surface area (Å²) in [5.74, 6) is 0.727. The summed E-state index contributed by atoms with van der Waals surface area (Å²) in [6.45, 7) is 0. The SMILES string of the molecule is O=C(NC1CCSc2ccc(Cl)cc21)c1ccoc1Cl. The van der Waals surface area contributed by atoms with Gasteiger partial charge in [-0.1, -0.05) is 11.6 Å². The van der Waals surface area contributed by atoms with Gasteiger partial charge in [-0.2, -0.15) is 0 Å². The highest BCUT2D eigenvalue weighted by molar-refractivity contribution is 7.99. The van der Waals surface area contributed by atoms with Crippen molar-refractivity contribution in [3.05, 3.63) is 51.9 Å². The lowest BCUT2D eigenvalue weighted by molar-refractivity contribution is 0.0934. The van der Waals surface area contributed by atoms with Crippen LogP contribution in [0.3, 0.4) is 0 Å². The Kier molecular flexibility index (Phi) is 3.96. The summed E-state index contributed by atoms with van der Waals surface area (Å²) in [5.41, 5.74) is 1.41. The fourth-order valence-electron chi connectivity index (χ4n) is 2.21. The molecule has 3 rings (SSSR count). The molecule has 1 atom stereocenters. The third-order valence-electron chi connectivity index (χ3n) is 3.18. The lowest BCUT2D eigenvalue weighted by atomic mass is 10.0. The van der Waals surface area contributed by atoms with E-state index >= 15 is 0 Å². The Morgan fingerprint density at radius 2 is 2.20 bits per heavy atom. The quantitative estimate of drug-likeness (QED) is 0.879. The van der Waals surface area contributed by atoms with Crippen LogP contribution < -0.4 is 5.32 Å². The first-order valence-corrected chi connectivity index (χ1v) is 7.85. The van der Waals surface area contributed by atoms with Crippen molar-refractivity contribution in [1.82, 2.24) is 5.32 Å². The highest BCUT2D eigenvalue weighted by Gasteiger charge is 2.24. The smallest absolute Gasteiger partial charge is 0.256 e. The lowest BCUT2D eigenvalue weighted by Crippen LogP contribution is -2.30. The molecule has 2 heterocycles. The van der Waals surface area contributed by atoms with E-state index in [4.69, 9.17) is 27.6 Å². The van der Waals surface area contributed by atoms with E-state index in [0.29, 0.717) is 10.6 Å². The van der Waals surface area contributed by atoms with Gasteiger partial charge in [0.1, 0.15) is 0 Å². The van der Waals surface area contributed by atoms with Gasteiger partial charge in [0.05, 0.1) is 17.9 Å². The second kappa shape index (κ2) is 5.72. The van der Waals surface area contributed by atoms with Gasteiger partial charge < -0.3 is 9.73 Å². The molecule has 1 aromatic heterocycles. The third kappa shape index (κ3) is 2.68. The molecule has 0 aliphatic carbocycles. The summed E-state index contributed by atoms with van der Waals surface area (Å²) in [5, 5.41) is 3.77. The number of benzene rings is 1. The maximum atomic E-state index is 12.2. The maximum Gasteiger partial charge on any atom is 0.256 e. The summed E-state index contributed by atoms with van der Waals surface area (Å²) in [7, 11) is 0. The van der Waals surface area contributed by atoms with Crippen LogP contribution >= 0.6 is 35.0 Å². The molecule has 1 aromatic carbocycles. The molecule has 2 aromatic rings. The minimum Gasteiger partial charge on any atom is -0.452 e. The van der Waals surface area contributed by atoms with Crippen LogP contribution in [0.1, 0.15) is 28.4 Å². The highest BCUT2D eigenvalue weighted by Crippen LogP contribution is 2.37. The van der Waals surface area contributed by atoms with Crippen LogP contribution in [-0.2, 0) is 0 Å². The van der Waals surface area contributed by atoms with Crippen molar-refractivity contribution in [2.24, 2.45) is 0 Å². The molecule has 1 N–H and O–H groups in total. The first-order chi connectivity index (χ1) is 9.65. The summed E-state index contributed by atoms with van der Waals surface area (Å²) in [6.07, 6.45) is 2.26. The second-order valence-electron chi connectivity index (χ2n) is 4.45. The van der Waals surface area contributed by atoms with Gasteiger partial charge in [-0.3, -0.25) is 4.79 Å². The van der Waals surface area contributed by atoms with E-state index in [1.54, 1.807) is 17.8 Å². The van der Waals surface area contributed by atoms with E-state index in [9.17, 15) is 4.79 Å². The third-order valence-corrected chi connectivity index (χ3v) is 4.83. The van der Waals surface area contributed by atoms with Crippen molar-refractivity contribution in [3.8, 4) is 0 Å². The number of hydrogen-bond acceptors (Lipinski definition) is 3. The number of nitrogens with one attached hydrogen (secondary N) is 1. The molecule has 0 fully saturated rings. The van der Waals surface area contributed by atoms with Crippen LogP contribution in [0.4, 0.5) is 0 Å². The first-order valence-electron chi connectivity index (χ1n) is 6.11. The predicted molar refractivity (Wildman–Crippen MR) is 80.7 cm³/mol. The summed E-state index contributed by atoms with van der Waals surface area (Å²) < 4.78 is 4.94. The number of furan rings is 1. The topological polar surface area (TPSA) is 42.2 Å². The van der Waals surface area contributed by atoms with E-state index < -0.39 is 0 Å². The zero-order valence-corrected chi connectivity index (χ0v) is 12.7. The van der Waals surface area contributed by atoms with Crippen LogP contribution in [0, 0.1) is 0 Å². The molecule has 104 valence electrons. The monoisotopic (exact) mass is 327 g/mol. The lowest BCUT2D eigenvalue weighted by Gasteiger charge is -2.26. The molecule has 3 nitrogen and oxygen atoms in total. The number of carbonyl (C=O) groups is 1. The number of thioether (sulfide) groups is 1. The molecule has 1 aliphatic rings. The molecule has 0 radical (unpaired) electrons. The molecule has 1 amide bonds. The van der Waals surface area contributed by atoms with Gasteiger partial charge in [-0.25, -0.2) is 0 Å². The van der Waals surface area contributed by atoms with E-state index in [0.717, 1.165) is 22.6 Å². The predicted octanol–water partition coefficient (Wildman–Crippen LogP) is 4.55. The minimum absolute atomic E-state index is 0.0524. The van der Waals surface area contributed by atoms with Crippen LogP contribution in [0.15, 0.2) is 39.8 Å². The zero-order chi connectivity index (χ0) is 14.1. The van der Waals surface area contributed by atoms with Gasteiger partial charge in [0, 0.05) is 15.7 Å². The number of amides is 1. The zero-order valence-electron chi connectivity index (χ0n) is 10.4. The largest absolute Gasteiger partial charge is 0.452 e. The van der Waals surface area contributed by atoms with E-state index in [1.807, 2.05) is 18.2 Å². The molecular weight excluding hydrogens is 317 g/mol. The Morgan fingerprint density at radius 1 is 1.35 bits per heavy atom. The molecule has 0 saturated heterocycles. The molecular formula is C14H11Cl2NO2S. The number of hydrogen-bond donors (Lipinski definition) is 1. The fourth-order valence-corrected chi connectivity index (χ4v) is 3.69. The van der Waals surface area contributed by atoms with Gasteiger partial charge >= 0.3 is 0 Å². The van der Waals surface area contributed by atoms with Crippen molar-refractivity contribution in [1.29, 1.82) is 0 Å². The number of carbonyl (C=O) groups excluding carboxylic acids is 1. The van der Waals surface area contributed by atoms with Crippen molar-refractivity contribution in [2.75, 3.05) is 5.75 Å². The van der Waals surface area contributed by atoms with Crippen LogP contribution in [0.2, 0.25) is 10.2 Å². The average Bonchev–Trinajstić information content (AvgIpc) is 2.86. The van der Waals surface area contributed by atoms with Crippen molar-refractivity contribution in [3.63, 3.8) is 0 Å². The Labute approximate surface area is 130 Å². The van der Waals surface area contributed by atoms with Gasteiger partial charge in [-0.15, -0.1) is 11.8 Å². The Hall–Kier alpha value is -1.10. The Bertz CT molecular complexity index is 656. The molecule has 1 aliphatic heterocycles. The number of rotatable bonds is 2. The minimum atomic E-state index is -0.230. The van der Waals surface area contributed by atoms with Crippen LogP contribution in [0.5, 0.6) is 0 Å². The highest BCUT2D eigenvalue weighted by atomic mass is 35.5. The van der Waals surface area contributed by atoms with E-state index in [-0.39, 0.29) is 17.2 Å². The van der Waals surface area contributed by atoms with E-state index in [2.05, 4.69) is 5.32 Å². The van der Waals surface area contributed by atoms with Crippen molar-refractivity contribution >= 4 is 40.9 Å². The average molecular weight is 328 g/mol. The number of halogens is 2. The molecule has 0 saturated carbocycles. The second-order valence-corrected chi connectivity index (χ2v) is 6.37. The Balaban J connectivity index is 1.85. The molecule has 20 heavy (non-hydrogen) atoms. The molecule has 0 bridgehead atoms. The number of fused-ring (bicyclic) bond motifs is 1. The van der Waals surface area contributed by atoms with Crippen LogP contribution in [-0.4, -0.2) is 11.7 Å². The van der Waals surface area contributed by atoms with Gasteiger partial charge in [0.15, 0.2) is 0 Å². The van der Waals surface area contributed by atoms with Crippen molar-refractivity contribution in [2.45, 2.75) is 17.4 Å². The normalized spacial score (nSPS) is 17.6. The summed E-state index contributed by atoms with van der Waals surface area (Å²) in [6, 6.07) is 7.28. The maximum absolute atomic E-state index is 12.2. The summed E-state index contributed by atoms with van der Waals surface area (Å²) in [4.78, 5) is 13.4. The van der Waals surface area contributed by atoms with Gasteiger partial charge in [0.25, 0.3) is 5.91 Å². The van der Waals surface area contributed by atoms with Crippen molar-refractivity contribution < 1.29 is 9.21 Å². The van der Waals surface area contributed by atoms with Gasteiger partial charge in [0.2, 0.25) is 5.22 Å². The molecule has 6 heteroatoms. The molecule has 0 spiro atoms. The first kappa shape index (κ1) is 13.9. The molecule has 1 unspecified atom stereocenters. The fraction of sp³-hybridized carbons (Fsp3) is 0.214. The van der Waals surface area contributed by atoms with Gasteiger partial charge in [-0.05, 0) is 47.9 Å². The standard InChI is InChI=1S/C14H11Cl2NO2S/c15-8-1-2-12-10(7-8)11(4-6-20-12)17-14(18)9-3-5-19-13(9)16/h1-3,5,7,11H,4,6H2,(H,17,18). The Morgan fingerprint density at radius 3 is 2.95 bits per heavy atom. The van der Waals surface area contributed by atoms with Crippen LogP contribution in [0.25, 0.3) is 0 Å².